The number of rotatable bonds is 5. The molecule has 0 rings (SSSR count). The Bertz CT molecular complexity index is 216. The molecule has 0 N–H and O–H groups in total. The predicted molar refractivity (Wildman–Crippen MR) is 65.5 cm³/mol. The minimum Gasteiger partial charge on any atom is -0.463 e. The molecule has 0 saturated heterocycles. The summed E-state index contributed by atoms with van der Waals surface area (Å²) < 4.78 is 6.08. The van der Waals surface area contributed by atoms with E-state index in [1.165, 1.54) is 0 Å². The molecular weight excluding hydrogens is 216 g/mol. The molecule has 0 aromatic carbocycles. The summed E-state index contributed by atoms with van der Waals surface area (Å²) in [5, 5.41) is 0. The summed E-state index contributed by atoms with van der Waals surface area (Å²) in [6.45, 7) is 6.29. The van der Waals surface area contributed by atoms with E-state index in [0.717, 1.165) is 9.81 Å². The van der Waals surface area contributed by atoms with E-state index in [4.69, 9.17) is 4.74 Å². The van der Waals surface area contributed by atoms with Crippen LogP contribution in [0.5, 0.6) is 0 Å². The van der Waals surface area contributed by atoms with Crippen molar-refractivity contribution >= 4 is 29.5 Å². The molecule has 0 amide bonds. The van der Waals surface area contributed by atoms with E-state index in [0.29, 0.717) is 6.61 Å². The zero-order chi connectivity index (χ0) is 11.1. The summed E-state index contributed by atoms with van der Waals surface area (Å²) >= 11 is 3.20. The lowest BCUT2D eigenvalue weighted by molar-refractivity contribution is -0.139. The van der Waals surface area contributed by atoms with Gasteiger partial charge in [0.05, 0.1) is 16.4 Å². The number of hydrogen-bond acceptors (Lipinski definition) is 4. The van der Waals surface area contributed by atoms with Crippen LogP contribution in [0.4, 0.5) is 0 Å². The second-order valence-corrected chi connectivity index (χ2v) is 4.88. The Morgan fingerprint density at radius 3 is 2.07 bits per heavy atom. The Morgan fingerprint density at radius 1 is 1.29 bits per heavy atom. The van der Waals surface area contributed by atoms with Crippen molar-refractivity contribution < 1.29 is 9.53 Å². The van der Waals surface area contributed by atoms with Gasteiger partial charge in [0.2, 0.25) is 0 Å². The fourth-order valence-corrected chi connectivity index (χ4v) is 2.81. The van der Waals surface area contributed by atoms with E-state index in [1.807, 2.05) is 33.3 Å². The lowest BCUT2D eigenvalue weighted by Gasteiger charge is -2.13. The van der Waals surface area contributed by atoms with Gasteiger partial charge < -0.3 is 4.74 Å². The summed E-state index contributed by atoms with van der Waals surface area (Å²) in [6.07, 6.45) is 3.96. The maximum atomic E-state index is 11.6. The molecule has 0 aliphatic heterocycles. The van der Waals surface area contributed by atoms with Gasteiger partial charge in [-0.2, -0.15) is 0 Å². The zero-order valence-electron chi connectivity index (χ0n) is 9.42. The van der Waals surface area contributed by atoms with Crippen LogP contribution >= 0.6 is 23.5 Å². The molecule has 0 heterocycles. The second kappa shape index (κ2) is 7.23. The average Bonchev–Trinajstić information content (AvgIpc) is 2.13. The zero-order valence-corrected chi connectivity index (χ0v) is 11.1. The molecule has 0 aromatic rings. The van der Waals surface area contributed by atoms with Gasteiger partial charge in [-0.15, -0.1) is 23.5 Å². The third kappa shape index (κ3) is 3.96. The van der Waals surface area contributed by atoms with Gasteiger partial charge in [0.1, 0.15) is 0 Å². The highest BCUT2D eigenvalue weighted by atomic mass is 32.2. The van der Waals surface area contributed by atoms with E-state index in [2.05, 4.69) is 0 Å². The Morgan fingerprint density at radius 2 is 1.79 bits per heavy atom. The van der Waals surface area contributed by atoms with Crippen LogP contribution in [0.15, 0.2) is 9.81 Å². The van der Waals surface area contributed by atoms with Crippen LogP contribution in [0.3, 0.4) is 0 Å². The van der Waals surface area contributed by atoms with Crippen molar-refractivity contribution in [2.24, 2.45) is 5.92 Å². The fourth-order valence-electron chi connectivity index (χ4n) is 1.07. The number of carbonyl (C=O) groups excluding carboxylic acids is 1. The highest BCUT2D eigenvalue weighted by Gasteiger charge is 2.19. The second-order valence-electron chi connectivity index (χ2n) is 2.98. The third-order valence-electron chi connectivity index (χ3n) is 1.66. The first-order chi connectivity index (χ1) is 6.58. The lowest BCUT2D eigenvalue weighted by Crippen LogP contribution is -2.13. The number of hydrogen-bond donors (Lipinski definition) is 0. The molecule has 14 heavy (non-hydrogen) atoms. The van der Waals surface area contributed by atoms with Gasteiger partial charge in [-0.25, -0.2) is 4.79 Å². The van der Waals surface area contributed by atoms with Gasteiger partial charge in [-0.05, 0) is 25.4 Å². The quantitative estimate of drug-likeness (QED) is 0.539. The van der Waals surface area contributed by atoms with Gasteiger partial charge >= 0.3 is 5.97 Å². The largest absolute Gasteiger partial charge is 0.463 e. The van der Waals surface area contributed by atoms with Crippen LogP contribution < -0.4 is 0 Å². The maximum absolute atomic E-state index is 11.6. The molecule has 0 saturated carbocycles. The molecule has 82 valence electrons. The Hall–Kier alpha value is -0.0900. The van der Waals surface area contributed by atoms with Crippen LogP contribution in [-0.4, -0.2) is 25.1 Å². The van der Waals surface area contributed by atoms with Crippen molar-refractivity contribution in [3.63, 3.8) is 0 Å². The molecule has 4 heteroatoms. The van der Waals surface area contributed by atoms with E-state index in [9.17, 15) is 4.79 Å². The minimum atomic E-state index is -0.179. The van der Waals surface area contributed by atoms with E-state index in [1.54, 1.807) is 23.5 Å². The van der Waals surface area contributed by atoms with Crippen molar-refractivity contribution in [2.45, 2.75) is 20.8 Å². The molecule has 0 aromatic heterocycles. The molecule has 0 aliphatic rings. The van der Waals surface area contributed by atoms with Crippen molar-refractivity contribution in [2.75, 3.05) is 19.1 Å². The van der Waals surface area contributed by atoms with Gasteiger partial charge in [-0.1, -0.05) is 13.8 Å². The summed E-state index contributed by atoms with van der Waals surface area (Å²) in [5.41, 5.74) is 0.798. The van der Waals surface area contributed by atoms with Crippen LogP contribution in [-0.2, 0) is 9.53 Å². The summed E-state index contributed by atoms with van der Waals surface area (Å²) in [4.78, 5) is 11.6. The van der Waals surface area contributed by atoms with Crippen molar-refractivity contribution in [1.29, 1.82) is 0 Å². The standard InChI is InChI=1S/C10H18O2S2/c1-6-12-9(11)8(7(2)3)10(13-4)14-5/h7H,6H2,1-5H3. The molecule has 0 atom stereocenters. The van der Waals surface area contributed by atoms with Crippen LogP contribution in [0.2, 0.25) is 0 Å². The Kier molecular flexibility index (Phi) is 7.19. The Labute approximate surface area is 94.9 Å². The van der Waals surface area contributed by atoms with Gasteiger partial charge in [-0.3, -0.25) is 0 Å². The monoisotopic (exact) mass is 234 g/mol. The smallest absolute Gasteiger partial charge is 0.335 e. The van der Waals surface area contributed by atoms with Crippen molar-refractivity contribution in [3.8, 4) is 0 Å². The lowest BCUT2D eigenvalue weighted by atomic mass is 10.1. The first-order valence-electron chi connectivity index (χ1n) is 4.57. The molecule has 0 aliphatic carbocycles. The van der Waals surface area contributed by atoms with Crippen LogP contribution in [0, 0.1) is 5.92 Å². The van der Waals surface area contributed by atoms with E-state index < -0.39 is 0 Å². The third-order valence-corrected chi connectivity index (χ3v) is 3.84. The molecule has 0 spiro atoms. The van der Waals surface area contributed by atoms with Crippen molar-refractivity contribution in [3.05, 3.63) is 9.81 Å². The first kappa shape index (κ1) is 13.9. The van der Waals surface area contributed by atoms with E-state index in [-0.39, 0.29) is 11.9 Å². The average molecular weight is 234 g/mol. The van der Waals surface area contributed by atoms with Crippen molar-refractivity contribution in [1.82, 2.24) is 0 Å². The predicted octanol–water partition coefficient (Wildman–Crippen LogP) is 3.14. The highest BCUT2D eigenvalue weighted by molar-refractivity contribution is 8.21. The minimum absolute atomic E-state index is 0.179. The molecule has 0 unspecified atom stereocenters. The fraction of sp³-hybridized carbons (Fsp3) is 0.700. The molecule has 0 radical (unpaired) electrons. The topological polar surface area (TPSA) is 26.3 Å². The number of ether oxygens (including phenoxy) is 1. The van der Waals surface area contributed by atoms with Gasteiger partial charge in [0.15, 0.2) is 0 Å². The van der Waals surface area contributed by atoms with E-state index >= 15 is 0 Å². The highest BCUT2D eigenvalue weighted by Crippen LogP contribution is 2.31. The van der Waals surface area contributed by atoms with Gasteiger partial charge in [0, 0.05) is 0 Å². The number of esters is 1. The normalized spacial score (nSPS) is 10.1. The molecule has 2 nitrogen and oxygen atoms in total. The SMILES string of the molecule is CCOC(=O)C(=C(SC)SC)C(C)C. The number of carbonyl (C=O) groups is 1. The summed E-state index contributed by atoms with van der Waals surface area (Å²) in [5.74, 6) is 0.0325. The molecule has 0 fully saturated rings. The molecule has 0 bridgehead atoms. The molecular formula is C10H18O2S2. The van der Waals surface area contributed by atoms with Crippen LogP contribution in [0.25, 0.3) is 0 Å². The van der Waals surface area contributed by atoms with Gasteiger partial charge in [0.25, 0.3) is 0 Å². The maximum Gasteiger partial charge on any atom is 0.335 e. The first-order valence-corrected chi connectivity index (χ1v) is 7.02. The summed E-state index contributed by atoms with van der Waals surface area (Å²) in [6, 6.07) is 0. The number of thioether (sulfide) groups is 2. The summed E-state index contributed by atoms with van der Waals surface area (Å²) in [7, 11) is 0. The Balaban J connectivity index is 4.91. The van der Waals surface area contributed by atoms with Crippen LogP contribution in [0.1, 0.15) is 20.8 Å².